The number of nitrogens with one attached hydrogen (secondary N) is 1. The summed E-state index contributed by atoms with van der Waals surface area (Å²) in [6.45, 7) is 7.49. The van der Waals surface area contributed by atoms with Gasteiger partial charge < -0.3 is 10.2 Å². The van der Waals surface area contributed by atoms with Crippen molar-refractivity contribution in [2.24, 2.45) is 5.92 Å². The fourth-order valence-corrected chi connectivity index (χ4v) is 3.81. The van der Waals surface area contributed by atoms with Crippen LogP contribution in [0.25, 0.3) is 0 Å². The van der Waals surface area contributed by atoms with Crippen molar-refractivity contribution in [1.29, 1.82) is 0 Å². The number of fused-ring (bicyclic) bond motifs is 1. The Morgan fingerprint density at radius 1 is 1.30 bits per heavy atom. The Labute approximate surface area is 124 Å². The van der Waals surface area contributed by atoms with E-state index in [1.54, 1.807) is 0 Å². The van der Waals surface area contributed by atoms with E-state index in [4.69, 9.17) is 0 Å². The van der Waals surface area contributed by atoms with Crippen molar-refractivity contribution < 1.29 is 4.79 Å². The Hall–Kier alpha value is -0.570. The summed E-state index contributed by atoms with van der Waals surface area (Å²) in [5.41, 5.74) is 0. The second-order valence-electron chi connectivity index (χ2n) is 6.75. The van der Waals surface area contributed by atoms with Gasteiger partial charge in [-0.1, -0.05) is 33.1 Å². The van der Waals surface area contributed by atoms with Gasteiger partial charge in [-0.2, -0.15) is 0 Å². The molecule has 2 rings (SSSR count). The van der Waals surface area contributed by atoms with E-state index < -0.39 is 0 Å². The fraction of sp³-hybridized carbons (Fsp3) is 0.941. The van der Waals surface area contributed by atoms with E-state index in [2.05, 4.69) is 31.0 Å². The predicted octanol–water partition coefficient (Wildman–Crippen LogP) is 3.33. The standard InChI is InChI=1S/C17H32N2O/c1-4-6-11-19(13(3)5-2)17(20)16-12-14-9-7-8-10-15(14)18-16/h13-16,18H,4-12H2,1-3H3. The van der Waals surface area contributed by atoms with Gasteiger partial charge in [0.05, 0.1) is 6.04 Å². The molecule has 1 aliphatic heterocycles. The lowest BCUT2D eigenvalue weighted by molar-refractivity contribution is -0.135. The van der Waals surface area contributed by atoms with Crippen LogP contribution in [-0.2, 0) is 4.79 Å². The molecule has 1 saturated heterocycles. The molecule has 2 aliphatic rings. The maximum atomic E-state index is 12.9. The highest BCUT2D eigenvalue weighted by Crippen LogP contribution is 2.33. The van der Waals surface area contributed by atoms with Crippen LogP contribution >= 0.6 is 0 Å². The highest BCUT2D eigenvalue weighted by atomic mass is 16.2. The van der Waals surface area contributed by atoms with Gasteiger partial charge in [-0.3, -0.25) is 4.79 Å². The molecule has 4 unspecified atom stereocenters. The van der Waals surface area contributed by atoms with Crippen LogP contribution in [-0.4, -0.2) is 35.5 Å². The molecule has 1 aliphatic carbocycles. The lowest BCUT2D eigenvalue weighted by Crippen LogP contribution is -2.49. The molecule has 3 nitrogen and oxygen atoms in total. The summed E-state index contributed by atoms with van der Waals surface area (Å²) >= 11 is 0. The molecular weight excluding hydrogens is 248 g/mol. The third-order valence-corrected chi connectivity index (χ3v) is 5.32. The second kappa shape index (κ2) is 7.44. The Bertz CT molecular complexity index is 304. The van der Waals surface area contributed by atoms with Gasteiger partial charge in [-0.15, -0.1) is 0 Å². The van der Waals surface area contributed by atoms with E-state index in [-0.39, 0.29) is 6.04 Å². The number of amides is 1. The van der Waals surface area contributed by atoms with E-state index in [1.807, 2.05) is 0 Å². The average molecular weight is 280 g/mol. The minimum absolute atomic E-state index is 0.0916. The van der Waals surface area contributed by atoms with Gasteiger partial charge in [0.1, 0.15) is 0 Å². The Balaban J connectivity index is 1.96. The minimum atomic E-state index is 0.0916. The van der Waals surface area contributed by atoms with Crippen molar-refractivity contribution in [2.45, 2.75) is 90.3 Å². The molecule has 0 radical (unpaired) electrons. The number of carbonyl (C=O) groups is 1. The summed E-state index contributed by atoms with van der Waals surface area (Å²) in [5, 5.41) is 3.64. The number of nitrogens with zero attached hydrogens (tertiary/aromatic N) is 1. The summed E-state index contributed by atoms with van der Waals surface area (Å²) in [5.74, 6) is 1.12. The molecule has 0 aromatic carbocycles. The molecule has 1 heterocycles. The summed E-state index contributed by atoms with van der Waals surface area (Å²) in [4.78, 5) is 15.0. The molecule has 1 N–H and O–H groups in total. The first-order chi connectivity index (χ1) is 9.67. The Kier molecular flexibility index (Phi) is 5.88. The number of hydrogen-bond donors (Lipinski definition) is 1. The fourth-order valence-electron chi connectivity index (χ4n) is 3.81. The van der Waals surface area contributed by atoms with Crippen LogP contribution in [0, 0.1) is 5.92 Å². The molecule has 0 aromatic rings. The molecule has 0 spiro atoms. The van der Waals surface area contributed by atoms with Crippen LogP contribution in [0.4, 0.5) is 0 Å². The van der Waals surface area contributed by atoms with Crippen molar-refractivity contribution in [3.05, 3.63) is 0 Å². The number of rotatable bonds is 6. The topological polar surface area (TPSA) is 32.3 Å². The van der Waals surface area contributed by atoms with Crippen LogP contribution in [0.2, 0.25) is 0 Å². The zero-order valence-corrected chi connectivity index (χ0v) is 13.5. The summed E-state index contributed by atoms with van der Waals surface area (Å²) < 4.78 is 0. The normalized spacial score (nSPS) is 30.9. The molecule has 0 bridgehead atoms. The molecule has 4 atom stereocenters. The van der Waals surface area contributed by atoms with Gasteiger partial charge in [0.25, 0.3) is 0 Å². The highest BCUT2D eigenvalue weighted by molar-refractivity contribution is 5.82. The van der Waals surface area contributed by atoms with Gasteiger partial charge in [-0.05, 0) is 44.9 Å². The maximum Gasteiger partial charge on any atom is 0.239 e. The van der Waals surface area contributed by atoms with Gasteiger partial charge in [0, 0.05) is 18.6 Å². The molecule has 1 amide bonds. The van der Waals surface area contributed by atoms with Crippen LogP contribution in [0.5, 0.6) is 0 Å². The monoisotopic (exact) mass is 280 g/mol. The lowest BCUT2D eigenvalue weighted by atomic mass is 9.85. The highest BCUT2D eigenvalue weighted by Gasteiger charge is 2.40. The van der Waals surface area contributed by atoms with Gasteiger partial charge >= 0.3 is 0 Å². The third kappa shape index (κ3) is 3.55. The molecule has 1 saturated carbocycles. The third-order valence-electron chi connectivity index (χ3n) is 5.32. The van der Waals surface area contributed by atoms with Gasteiger partial charge in [0.15, 0.2) is 0 Å². The first-order valence-electron chi connectivity index (χ1n) is 8.73. The van der Waals surface area contributed by atoms with Gasteiger partial charge in [-0.25, -0.2) is 0 Å². The molecule has 20 heavy (non-hydrogen) atoms. The SMILES string of the molecule is CCCCN(C(=O)C1CC2CCCCC2N1)C(C)CC. The molecule has 3 heteroatoms. The smallest absolute Gasteiger partial charge is 0.239 e. The lowest BCUT2D eigenvalue weighted by Gasteiger charge is -2.31. The molecular formula is C17H32N2O. The van der Waals surface area contributed by atoms with Crippen LogP contribution in [0.1, 0.15) is 72.1 Å². The van der Waals surface area contributed by atoms with Crippen LogP contribution in [0.3, 0.4) is 0 Å². The Morgan fingerprint density at radius 3 is 2.70 bits per heavy atom. The van der Waals surface area contributed by atoms with Crippen molar-refractivity contribution in [3.8, 4) is 0 Å². The van der Waals surface area contributed by atoms with Crippen molar-refractivity contribution >= 4 is 5.91 Å². The minimum Gasteiger partial charge on any atom is -0.339 e. The number of carbonyl (C=O) groups excluding carboxylic acids is 1. The maximum absolute atomic E-state index is 12.9. The zero-order chi connectivity index (χ0) is 14.5. The van der Waals surface area contributed by atoms with E-state index in [1.165, 1.54) is 25.7 Å². The largest absolute Gasteiger partial charge is 0.339 e. The quantitative estimate of drug-likeness (QED) is 0.809. The van der Waals surface area contributed by atoms with Crippen molar-refractivity contribution in [3.63, 3.8) is 0 Å². The number of hydrogen-bond acceptors (Lipinski definition) is 2. The predicted molar refractivity (Wildman–Crippen MR) is 83.7 cm³/mol. The first kappa shape index (κ1) is 15.8. The van der Waals surface area contributed by atoms with Gasteiger partial charge in [0.2, 0.25) is 5.91 Å². The Morgan fingerprint density at radius 2 is 2.05 bits per heavy atom. The van der Waals surface area contributed by atoms with Crippen molar-refractivity contribution in [1.82, 2.24) is 10.2 Å². The van der Waals surface area contributed by atoms with Crippen LogP contribution in [0.15, 0.2) is 0 Å². The van der Waals surface area contributed by atoms with Crippen molar-refractivity contribution in [2.75, 3.05) is 6.54 Å². The average Bonchev–Trinajstić information content (AvgIpc) is 2.90. The number of unbranched alkanes of at least 4 members (excludes halogenated alkanes) is 1. The van der Waals surface area contributed by atoms with E-state index in [0.717, 1.165) is 38.1 Å². The van der Waals surface area contributed by atoms with E-state index in [0.29, 0.717) is 18.0 Å². The summed E-state index contributed by atoms with van der Waals surface area (Å²) in [7, 11) is 0. The first-order valence-corrected chi connectivity index (χ1v) is 8.73. The van der Waals surface area contributed by atoms with E-state index in [9.17, 15) is 4.79 Å². The summed E-state index contributed by atoms with van der Waals surface area (Å²) in [6.07, 6.45) is 9.68. The second-order valence-corrected chi connectivity index (χ2v) is 6.75. The van der Waals surface area contributed by atoms with E-state index >= 15 is 0 Å². The molecule has 116 valence electrons. The summed E-state index contributed by atoms with van der Waals surface area (Å²) in [6, 6.07) is 1.08. The van der Waals surface area contributed by atoms with Crippen LogP contribution < -0.4 is 5.32 Å². The molecule has 2 fully saturated rings. The molecule has 0 aromatic heterocycles. The zero-order valence-electron chi connectivity index (χ0n) is 13.5.